The van der Waals surface area contributed by atoms with Crippen molar-refractivity contribution in [2.45, 2.75) is 17.7 Å². The van der Waals surface area contributed by atoms with E-state index in [0.29, 0.717) is 10.6 Å². The first-order valence-electron chi connectivity index (χ1n) is 8.54. The van der Waals surface area contributed by atoms with E-state index in [9.17, 15) is 17.6 Å². The molecule has 2 heterocycles. The lowest BCUT2D eigenvalue weighted by atomic mass is 10.2. The van der Waals surface area contributed by atoms with Crippen molar-refractivity contribution in [3.05, 3.63) is 59.2 Å². The van der Waals surface area contributed by atoms with Crippen molar-refractivity contribution in [1.82, 2.24) is 4.90 Å². The molecule has 8 heteroatoms. The van der Waals surface area contributed by atoms with Gasteiger partial charge in [0.25, 0.3) is 15.9 Å². The van der Waals surface area contributed by atoms with E-state index in [-0.39, 0.29) is 10.8 Å². The van der Waals surface area contributed by atoms with E-state index in [1.165, 1.54) is 23.5 Å². The molecule has 27 heavy (non-hydrogen) atoms. The summed E-state index contributed by atoms with van der Waals surface area (Å²) in [4.78, 5) is 15.0. The van der Waals surface area contributed by atoms with Crippen LogP contribution in [0.1, 0.15) is 22.5 Å². The van der Waals surface area contributed by atoms with Gasteiger partial charge in [0.1, 0.15) is 5.82 Å². The Bertz CT molecular complexity index is 1100. The fourth-order valence-electron chi connectivity index (χ4n) is 3.12. The van der Waals surface area contributed by atoms with Gasteiger partial charge in [-0.05, 0) is 66.8 Å². The van der Waals surface area contributed by atoms with E-state index in [0.717, 1.165) is 48.2 Å². The first-order valence-corrected chi connectivity index (χ1v) is 10.8. The number of halogens is 1. The Balaban J connectivity index is 1.59. The minimum absolute atomic E-state index is 0.0146. The van der Waals surface area contributed by atoms with Crippen molar-refractivity contribution in [1.29, 1.82) is 0 Å². The van der Waals surface area contributed by atoms with Crippen LogP contribution in [0.5, 0.6) is 0 Å². The predicted molar refractivity (Wildman–Crippen MR) is 104 cm³/mol. The zero-order chi connectivity index (χ0) is 19.0. The summed E-state index contributed by atoms with van der Waals surface area (Å²) in [5.41, 5.74) is 0.393. The molecule has 1 amide bonds. The number of hydrogen-bond donors (Lipinski definition) is 1. The van der Waals surface area contributed by atoms with Crippen LogP contribution < -0.4 is 4.72 Å². The zero-order valence-electron chi connectivity index (χ0n) is 14.3. The summed E-state index contributed by atoms with van der Waals surface area (Å²) in [6, 6.07) is 11.6. The summed E-state index contributed by atoms with van der Waals surface area (Å²) >= 11 is 1.41. The molecule has 1 saturated heterocycles. The number of anilines is 1. The number of carbonyl (C=O) groups excluding carboxylic acids is 1. The van der Waals surface area contributed by atoms with Gasteiger partial charge in [0, 0.05) is 23.5 Å². The molecular formula is C19H17FN2O3S2. The molecule has 1 aliphatic heterocycles. The van der Waals surface area contributed by atoms with Gasteiger partial charge in [0.05, 0.1) is 9.77 Å². The average molecular weight is 404 g/mol. The Morgan fingerprint density at radius 2 is 1.74 bits per heavy atom. The van der Waals surface area contributed by atoms with Crippen LogP contribution in [0.2, 0.25) is 0 Å². The second-order valence-corrected chi connectivity index (χ2v) is 9.19. The minimum atomic E-state index is -3.81. The highest BCUT2D eigenvalue weighted by atomic mass is 32.2. The molecule has 1 aromatic heterocycles. The summed E-state index contributed by atoms with van der Waals surface area (Å²) < 4.78 is 41.3. The molecule has 1 fully saturated rings. The standard InChI is InChI=1S/C19H17FN2O3S2/c20-14-3-6-16(7-4-14)27(24,25)21-15-5-8-17-13(11-15)12-18(26-17)19(23)22-9-1-2-10-22/h3-8,11-12,21H,1-2,9-10H2. The van der Waals surface area contributed by atoms with Gasteiger partial charge in [-0.25, -0.2) is 12.8 Å². The van der Waals surface area contributed by atoms with Gasteiger partial charge >= 0.3 is 0 Å². The van der Waals surface area contributed by atoms with Crippen LogP contribution in [0.25, 0.3) is 10.1 Å². The molecule has 3 aromatic rings. The maximum atomic E-state index is 13.0. The summed E-state index contributed by atoms with van der Waals surface area (Å²) in [5, 5.41) is 0.807. The van der Waals surface area contributed by atoms with Crippen molar-refractivity contribution in [2.75, 3.05) is 17.8 Å². The van der Waals surface area contributed by atoms with Crippen molar-refractivity contribution < 1.29 is 17.6 Å². The lowest BCUT2D eigenvalue weighted by Gasteiger charge is -2.13. The van der Waals surface area contributed by atoms with E-state index < -0.39 is 15.8 Å². The average Bonchev–Trinajstić information content (AvgIpc) is 3.30. The highest BCUT2D eigenvalue weighted by molar-refractivity contribution is 7.92. The maximum absolute atomic E-state index is 13.0. The van der Waals surface area contributed by atoms with Gasteiger partial charge in [-0.3, -0.25) is 9.52 Å². The highest BCUT2D eigenvalue weighted by Gasteiger charge is 2.21. The molecule has 0 atom stereocenters. The second kappa shape index (κ2) is 6.94. The van der Waals surface area contributed by atoms with Crippen LogP contribution in [0.15, 0.2) is 53.4 Å². The summed E-state index contributed by atoms with van der Waals surface area (Å²) in [7, 11) is -3.81. The van der Waals surface area contributed by atoms with Crippen LogP contribution in [-0.4, -0.2) is 32.3 Å². The molecule has 0 bridgehead atoms. The van der Waals surface area contributed by atoms with Crippen molar-refractivity contribution in [2.24, 2.45) is 0 Å². The number of hydrogen-bond acceptors (Lipinski definition) is 4. The molecule has 0 spiro atoms. The third kappa shape index (κ3) is 3.68. The summed E-state index contributed by atoms with van der Waals surface area (Å²) in [6.07, 6.45) is 2.07. The van der Waals surface area contributed by atoms with Crippen LogP contribution in [0.3, 0.4) is 0 Å². The molecule has 5 nitrogen and oxygen atoms in total. The lowest BCUT2D eigenvalue weighted by Crippen LogP contribution is -2.26. The Kier molecular flexibility index (Phi) is 4.61. The molecule has 0 aliphatic carbocycles. The molecular weight excluding hydrogens is 387 g/mol. The van der Waals surface area contributed by atoms with Crippen LogP contribution in [0.4, 0.5) is 10.1 Å². The van der Waals surface area contributed by atoms with Gasteiger partial charge < -0.3 is 4.90 Å². The topological polar surface area (TPSA) is 66.5 Å². The molecule has 1 aliphatic rings. The largest absolute Gasteiger partial charge is 0.338 e. The maximum Gasteiger partial charge on any atom is 0.263 e. The third-order valence-corrected chi connectivity index (χ3v) is 7.00. The number of carbonyl (C=O) groups is 1. The predicted octanol–water partition coefficient (Wildman–Crippen LogP) is 4.08. The van der Waals surface area contributed by atoms with E-state index in [2.05, 4.69) is 4.72 Å². The third-order valence-electron chi connectivity index (χ3n) is 4.50. The zero-order valence-corrected chi connectivity index (χ0v) is 15.9. The van der Waals surface area contributed by atoms with Crippen molar-refractivity contribution in [3.63, 3.8) is 0 Å². The SMILES string of the molecule is O=C(c1cc2cc(NS(=O)(=O)c3ccc(F)cc3)ccc2s1)N1CCCC1. The van der Waals surface area contributed by atoms with E-state index in [1.54, 1.807) is 24.3 Å². The van der Waals surface area contributed by atoms with E-state index >= 15 is 0 Å². The highest BCUT2D eigenvalue weighted by Crippen LogP contribution is 2.30. The molecule has 2 aromatic carbocycles. The van der Waals surface area contributed by atoms with Gasteiger partial charge in [-0.15, -0.1) is 11.3 Å². The molecule has 4 rings (SSSR count). The fourth-order valence-corrected chi connectivity index (χ4v) is 5.18. The monoisotopic (exact) mass is 404 g/mol. The number of fused-ring (bicyclic) bond motifs is 1. The van der Waals surface area contributed by atoms with E-state index in [4.69, 9.17) is 0 Å². The number of nitrogens with one attached hydrogen (secondary N) is 1. The quantitative estimate of drug-likeness (QED) is 0.713. The molecule has 1 N–H and O–H groups in total. The van der Waals surface area contributed by atoms with Crippen LogP contribution in [0, 0.1) is 5.82 Å². The Morgan fingerprint density at radius 1 is 1.04 bits per heavy atom. The van der Waals surface area contributed by atoms with Crippen molar-refractivity contribution >= 4 is 43.0 Å². The molecule has 0 unspecified atom stereocenters. The molecule has 140 valence electrons. The van der Waals surface area contributed by atoms with Gasteiger partial charge in [0.2, 0.25) is 0 Å². The van der Waals surface area contributed by atoms with Gasteiger partial charge in [-0.1, -0.05) is 0 Å². The minimum Gasteiger partial charge on any atom is -0.338 e. The summed E-state index contributed by atoms with van der Waals surface area (Å²) in [6.45, 7) is 1.57. The first-order chi connectivity index (χ1) is 12.9. The summed E-state index contributed by atoms with van der Waals surface area (Å²) in [5.74, 6) is -0.467. The second-order valence-electron chi connectivity index (χ2n) is 6.42. The number of sulfonamides is 1. The van der Waals surface area contributed by atoms with E-state index in [1.807, 2.05) is 4.90 Å². The number of amides is 1. The number of nitrogens with zero attached hydrogens (tertiary/aromatic N) is 1. The smallest absolute Gasteiger partial charge is 0.263 e. The van der Waals surface area contributed by atoms with Crippen LogP contribution >= 0.6 is 11.3 Å². The first kappa shape index (κ1) is 17.9. The normalized spacial score (nSPS) is 14.6. The number of likely N-dealkylation sites (tertiary alicyclic amines) is 1. The van der Waals surface area contributed by atoms with Crippen molar-refractivity contribution in [3.8, 4) is 0 Å². The lowest BCUT2D eigenvalue weighted by molar-refractivity contribution is 0.0797. The number of thiophene rings is 1. The number of benzene rings is 2. The molecule has 0 radical (unpaired) electrons. The van der Waals surface area contributed by atoms with Crippen LogP contribution in [-0.2, 0) is 10.0 Å². The number of rotatable bonds is 4. The Morgan fingerprint density at radius 3 is 2.44 bits per heavy atom. The molecule has 0 saturated carbocycles. The Labute approximate surface area is 160 Å². The fraction of sp³-hybridized carbons (Fsp3) is 0.211. The Hall–Kier alpha value is -2.45. The van der Waals surface area contributed by atoms with Gasteiger partial charge in [-0.2, -0.15) is 0 Å². The van der Waals surface area contributed by atoms with Gasteiger partial charge in [0.15, 0.2) is 0 Å².